The van der Waals surface area contributed by atoms with Gasteiger partial charge in [0.1, 0.15) is 11.8 Å². The van der Waals surface area contributed by atoms with Crippen LogP contribution in [0.5, 0.6) is 0 Å². The second-order valence-corrected chi connectivity index (χ2v) is 3.91. The molecule has 0 aromatic rings. The Hall–Kier alpha value is -1.14. The van der Waals surface area contributed by atoms with Crippen molar-refractivity contribution < 1.29 is 0 Å². The minimum absolute atomic E-state index is 0.553. The van der Waals surface area contributed by atoms with E-state index >= 15 is 0 Å². The molecule has 1 heterocycles. The molecule has 64 valence electrons. The van der Waals surface area contributed by atoms with Crippen molar-refractivity contribution in [3.63, 3.8) is 0 Å². The minimum atomic E-state index is 0.553. The topological polar surface area (TPSA) is 36.1 Å². The first-order valence-electron chi connectivity index (χ1n) is 3.99. The monoisotopic (exact) mass is 234 g/mol. The molecule has 0 aromatic heterocycles. The van der Waals surface area contributed by atoms with E-state index in [1.165, 1.54) is 0 Å². The summed E-state index contributed by atoms with van der Waals surface area (Å²) in [6, 6.07) is 2.10. The van der Waals surface area contributed by atoms with Crippen LogP contribution in [0.3, 0.4) is 0 Å². The molecule has 0 atom stereocenters. The highest BCUT2D eigenvalue weighted by atomic mass is 79.9. The Morgan fingerprint density at radius 1 is 1.62 bits per heavy atom. The number of halogens is 1. The maximum absolute atomic E-state index is 8.78. The van der Waals surface area contributed by atoms with Gasteiger partial charge in [0.25, 0.3) is 0 Å². The van der Waals surface area contributed by atoms with Crippen LogP contribution in [0.15, 0.2) is 38.5 Å². The van der Waals surface area contributed by atoms with Crippen LogP contribution in [-0.2, 0) is 0 Å². The number of hydrogen-bond acceptors (Lipinski definition) is 2. The largest absolute Gasteiger partial charge is 0.241 e. The number of allylic oxidation sites excluding steroid dienone is 6. The predicted octanol–water partition coefficient (Wildman–Crippen LogP) is 2.85. The number of aliphatic imine (C=N–C) groups is 1. The number of rotatable bonds is 0. The molecule has 0 unspecified atom stereocenters. The normalized spacial score (nSPS) is 20.2. The van der Waals surface area contributed by atoms with Crippen molar-refractivity contribution in [3.8, 4) is 6.07 Å². The Balaban J connectivity index is 2.52. The molecule has 13 heavy (non-hydrogen) atoms. The maximum Gasteiger partial charge on any atom is 0.144 e. The van der Waals surface area contributed by atoms with Crippen LogP contribution in [0, 0.1) is 11.3 Å². The number of fused-ring (bicyclic) bond motifs is 1. The van der Waals surface area contributed by atoms with Crippen molar-refractivity contribution in [2.75, 3.05) is 0 Å². The Kier molecular flexibility index (Phi) is 1.93. The Labute approximate surface area is 85.1 Å². The van der Waals surface area contributed by atoms with E-state index in [0.717, 1.165) is 27.8 Å². The molecule has 2 aliphatic rings. The van der Waals surface area contributed by atoms with Crippen molar-refractivity contribution in [2.24, 2.45) is 4.99 Å². The number of nitrogens with zero attached hydrogens (tertiary/aromatic N) is 2. The second kappa shape index (κ2) is 2.97. The van der Waals surface area contributed by atoms with Gasteiger partial charge in [-0.2, -0.15) is 5.26 Å². The summed E-state index contributed by atoms with van der Waals surface area (Å²) < 4.78 is 1.07. The quantitative estimate of drug-likeness (QED) is 0.635. The van der Waals surface area contributed by atoms with Crippen LogP contribution >= 0.6 is 15.9 Å². The van der Waals surface area contributed by atoms with Gasteiger partial charge in [-0.1, -0.05) is 22.0 Å². The first-order chi connectivity index (χ1) is 6.22. The van der Waals surface area contributed by atoms with Crippen molar-refractivity contribution >= 4 is 21.6 Å². The van der Waals surface area contributed by atoms with Crippen molar-refractivity contribution in [1.82, 2.24) is 0 Å². The van der Waals surface area contributed by atoms with Crippen LogP contribution in [0.4, 0.5) is 0 Å². The number of nitriles is 1. The standard InChI is InChI=1S/C10H7BrN2/c1-6-8-4-7(11)2-3-9(8)13-10(6)5-12/h2,4H,3H2,1H3. The highest BCUT2D eigenvalue weighted by Crippen LogP contribution is 2.31. The lowest BCUT2D eigenvalue weighted by Crippen LogP contribution is -2.02. The molecule has 2 rings (SSSR count). The van der Waals surface area contributed by atoms with Crippen molar-refractivity contribution in [1.29, 1.82) is 5.26 Å². The van der Waals surface area contributed by atoms with E-state index in [1.807, 2.05) is 13.0 Å². The Bertz CT molecular complexity index is 430. The molecular formula is C10H7BrN2. The van der Waals surface area contributed by atoms with Gasteiger partial charge in [-0.25, -0.2) is 4.99 Å². The molecule has 0 aromatic carbocycles. The van der Waals surface area contributed by atoms with E-state index in [9.17, 15) is 0 Å². The van der Waals surface area contributed by atoms with Gasteiger partial charge in [-0.05, 0) is 18.6 Å². The van der Waals surface area contributed by atoms with Gasteiger partial charge < -0.3 is 0 Å². The van der Waals surface area contributed by atoms with E-state index in [2.05, 4.69) is 33.1 Å². The van der Waals surface area contributed by atoms with Gasteiger partial charge in [-0.3, -0.25) is 0 Å². The van der Waals surface area contributed by atoms with Gasteiger partial charge in [0.2, 0.25) is 0 Å². The fourth-order valence-corrected chi connectivity index (χ4v) is 1.86. The molecular weight excluding hydrogens is 228 g/mol. The van der Waals surface area contributed by atoms with E-state index in [0.29, 0.717) is 5.70 Å². The summed E-state index contributed by atoms with van der Waals surface area (Å²) in [6.07, 6.45) is 4.88. The van der Waals surface area contributed by atoms with E-state index in [-0.39, 0.29) is 0 Å². The van der Waals surface area contributed by atoms with Gasteiger partial charge in [0, 0.05) is 16.5 Å². The van der Waals surface area contributed by atoms with Gasteiger partial charge in [-0.15, -0.1) is 0 Å². The molecule has 0 bridgehead atoms. The van der Waals surface area contributed by atoms with Crippen molar-refractivity contribution in [3.05, 3.63) is 33.5 Å². The highest BCUT2D eigenvalue weighted by molar-refractivity contribution is 9.11. The molecule has 0 spiro atoms. The smallest absolute Gasteiger partial charge is 0.144 e. The van der Waals surface area contributed by atoms with Crippen LogP contribution in [0.25, 0.3) is 0 Å². The molecule has 0 radical (unpaired) electrons. The SMILES string of the molecule is CC1=C(C#N)N=C2CC=C(Br)C=C21. The summed E-state index contributed by atoms with van der Waals surface area (Å²) in [6.45, 7) is 1.94. The molecule has 1 aliphatic heterocycles. The Morgan fingerprint density at radius 2 is 2.38 bits per heavy atom. The molecule has 1 aliphatic carbocycles. The molecule has 0 N–H and O–H groups in total. The van der Waals surface area contributed by atoms with Gasteiger partial charge in [0.15, 0.2) is 0 Å². The average Bonchev–Trinajstić information content (AvgIpc) is 2.44. The second-order valence-electron chi connectivity index (χ2n) is 3.00. The third-order valence-electron chi connectivity index (χ3n) is 2.20. The summed E-state index contributed by atoms with van der Waals surface area (Å²) in [5, 5.41) is 8.78. The zero-order chi connectivity index (χ0) is 9.42. The molecule has 0 saturated heterocycles. The number of hydrogen-bond donors (Lipinski definition) is 0. The first kappa shape index (κ1) is 8.46. The summed E-state index contributed by atoms with van der Waals surface area (Å²) in [7, 11) is 0. The van der Waals surface area contributed by atoms with E-state index in [4.69, 9.17) is 5.26 Å². The van der Waals surface area contributed by atoms with Gasteiger partial charge in [0.05, 0.1) is 5.71 Å². The fraction of sp³-hybridized carbons (Fsp3) is 0.200. The molecule has 2 nitrogen and oxygen atoms in total. The van der Waals surface area contributed by atoms with Crippen LogP contribution in [0.1, 0.15) is 13.3 Å². The van der Waals surface area contributed by atoms with Gasteiger partial charge >= 0.3 is 0 Å². The molecule has 3 heteroatoms. The molecule has 0 saturated carbocycles. The Morgan fingerprint density at radius 3 is 3.08 bits per heavy atom. The predicted molar refractivity (Wildman–Crippen MR) is 55.5 cm³/mol. The first-order valence-corrected chi connectivity index (χ1v) is 4.78. The minimum Gasteiger partial charge on any atom is -0.241 e. The lowest BCUT2D eigenvalue weighted by molar-refractivity contribution is 1.34. The molecule has 0 fully saturated rings. The average molecular weight is 235 g/mol. The fourth-order valence-electron chi connectivity index (χ4n) is 1.47. The van der Waals surface area contributed by atoms with Crippen molar-refractivity contribution in [2.45, 2.75) is 13.3 Å². The summed E-state index contributed by atoms with van der Waals surface area (Å²) in [4.78, 5) is 4.25. The van der Waals surface area contributed by atoms with Crippen LogP contribution < -0.4 is 0 Å². The third kappa shape index (κ3) is 1.27. The molecule has 0 amide bonds. The van der Waals surface area contributed by atoms with E-state index in [1.54, 1.807) is 0 Å². The summed E-state index contributed by atoms with van der Waals surface area (Å²) in [5.41, 5.74) is 3.66. The zero-order valence-corrected chi connectivity index (χ0v) is 8.72. The highest BCUT2D eigenvalue weighted by Gasteiger charge is 2.21. The summed E-state index contributed by atoms with van der Waals surface area (Å²) in [5.74, 6) is 0. The van der Waals surface area contributed by atoms with Crippen LogP contribution in [-0.4, -0.2) is 5.71 Å². The van der Waals surface area contributed by atoms with Crippen LogP contribution in [0.2, 0.25) is 0 Å². The lowest BCUT2D eigenvalue weighted by atomic mass is 9.98. The zero-order valence-electron chi connectivity index (χ0n) is 7.13. The maximum atomic E-state index is 8.78. The van der Waals surface area contributed by atoms with E-state index < -0.39 is 0 Å². The summed E-state index contributed by atoms with van der Waals surface area (Å²) >= 11 is 3.42. The lowest BCUT2D eigenvalue weighted by Gasteiger charge is -2.07. The third-order valence-corrected chi connectivity index (χ3v) is 2.75.